The first kappa shape index (κ1) is 37.1. The summed E-state index contributed by atoms with van der Waals surface area (Å²) in [6.07, 6.45) is -0.348. The van der Waals surface area contributed by atoms with Crippen molar-refractivity contribution in [1.29, 1.82) is 0 Å². The molecular formula is C34H45N5O7S. The van der Waals surface area contributed by atoms with Crippen LogP contribution in [0.1, 0.15) is 45.9 Å². The smallest absolute Gasteiger partial charge is 0.408 e. The number of ether oxygens (including phenoxy) is 1. The minimum absolute atomic E-state index is 0.00335. The zero-order valence-corrected chi connectivity index (χ0v) is 28.2. The van der Waals surface area contributed by atoms with Crippen molar-refractivity contribution >= 4 is 33.6 Å². The first-order valence-electron chi connectivity index (χ1n) is 15.5. The number of pyridine rings is 1. The number of benzene rings is 2. The lowest BCUT2D eigenvalue weighted by atomic mass is 9.98. The molecule has 1 aromatic heterocycles. The molecule has 13 heteroatoms. The average Bonchev–Trinajstić information content (AvgIpc) is 3.02. The van der Waals surface area contributed by atoms with E-state index >= 15 is 0 Å². The molecule has 2 aromatic carbocycles. The number of sulfonamides is 1. The molecule has 0 saturated carbocycles. The van der Waals surface area contributed by atoms with Gasteiger partial charge in [-0.05, 0) is 60.2 Å². The van der Waals surface area contributed by atoms with Crippen LogP contribution in [0.3, 0.4) is 0 Å². The summed E-state index contributed by atoms with van der Waals surface area (Å²) in [5, 5.41) is 19.7. The summed E-state index contributed by atoms with van der Waals surface area (Å²) in [5.41, 5.74) is 1.81. The van der Waals surface area contributed by atoms with Gasteiger partial charge < -0.3 is 25.8 Å². The molecule has 3 rings (SSSR count). The molecule has 0 bridgehead atoms. The summed E-state index contributed by atoms with van der Waals surface area (Å²) in [5.74, 6) is -1.26. The predicted molar refractivity (Wildman–Crippen MR) is 179 cm³/mol. The van der Waals surface area contributed by atoms with Crippen LogP contribution in [0.15, 0.2) is 83.9 Å². The lowest BCUT2D eigenvalue weighted by Gasteiger charge is -2.32. The second kappa shape index (κ2) is 17.5. The number of aliphatic hydroxyl groups is 1. The molecule has 4 N–H and O–H groups in total. The Morgan fingerprint density at radius 2 is 1.55 bits per heavy atom. The van der Waals surface area contributed by atoms with E-state index in [0.29, 0.717) is 11.4 Å². The fraction of sp³-hybridized carbons (Fsp3) is 0.412. The van der Waals surface area contributed by atoms with Crippen molar-refractivity contribution in [3.63, 3.8) is 0 Å². The van der Waals surface area contributed by atoms with Crippen LogP contribution in [0.5, 0.6) is 0 Å². The molecule has 0 saturated heterocycles. The van der Waals surface area contributed by atoms with Crippen molar-refractivity contribution in [2.24, 2.45) is 11.8 Å². The average molecular weight is 668 g/mol. The summed E-state index contributed by atoms with van der Waals surface area (Å²) in [6.45, 7) is 8.34. The zero-order chi connectivity index (χ0) is 34.6. The number of aromatic nitrogens is 1. The van der Waals surface area contributed by atoms with E-state index in [1.807, 2.05) is 44.2 Å². The molecule has 1 heterocycles. The van der Waals surface area contributed by atoms with Gasteiger partial charge in [-0.25, -0.2) is 13.2 Å². The third-order valence-corrected chi connectivity index (χ3v) is 9.01. The molecule has 0 spiro atoms. The summed E-state index contributed by atoms with van der Waals surface area (Å²) >= 11 is 0. The molecule has 3 atom stereocenters. The van der Waals surface area contributed by atoms with Gasteiger partial charge in [0, 0.05) is 31.9 Å². The number of alkyl carbamates (subject to hydrolysis) is 1. The van der Waals surface area contributed by atoms with Gasteiger partial charge in [-0.2, -0.15) is 4.31 Å². The van der Waals surface area contributed by atoms with Crippen molar-refractivity contribution in [1.82, 2.24) is 19.9 Å². The number of amides is 3. The normalized spacial score (nSPS) is 13.6. The molecule has 3 aromatic rings. The van der Waals surface area contributed by atoms with Crippen molar-refractivity contribution in [2.45, 2.75) is 70.7 Å². The van der Waals surface area contributed by atoms with Gasteiger partial charge in [-0.15, -0.1) is 0 Å². The second-order valence-electron chi connectivity index (χ2n) is 12.1. The van der Waals surface area contributed by atoms with Crippen LogP contribution in [0, 0.1) is 11.8 Å². The molecule has 3 amide bonds. The molecule has 0 aliphatic rings. The van der Waals surface area contributed by atoms with Gasteiger partial charge in [0.2, 0.25) is 21.8 Å². The van der Waals surface area contributed by atoms with Crippen molar-refractivity contribution in [3.05, 3.63) is 90.3 Å². The third kappa shape index (κ3) is 11.8. The number of aliphatic hydroxyl groups excluding tert-OH is 1. The SMILES string of the molecule is CC(=O)Nc1ccc(S(=O)(=O)N(CC(C)C)C[C@@H](O)[C@H](Cc2ccccc2)NC(=O)[C@@H](NC(=O)OCc2ccccn2)C(C)C)cc1. The van der Waals surface area contributed by atoms with E-state index in [0.717, 1.165) is 5.56 Å². The Morgan fingerprint density at radius 3 is 2.13 bits per heavy atom. The monoisotopic (exact) mass is 667 g/mol. The molecule has 0 unspecified atom stereocenters. The first-order valence-corrected chi connectivity index (χ1v) is 16.9. The zero-order valence-electron chi connectivity index (χ0n) is 27.4. The Morgan fingerprint density at radius 1 is 0.894 bits per heavy atom. The standard InChI is InChI=1S/C34H45N5O7S/c1-23(2)20-39(47(44,45)29-16-14-27(15-17-29)36-25(5)40)21-31(41)30(19-26-11-7-6-8-12-26)37-33(42)32(24(3)4)38-34(43)46-22-28-13-9-10-18-35-28/h6-18,23-24,30-32,41H,19-22H2,1-5H3,(H,36,40)(H,37,42)(H,38,43)/t30-,31+,32-/m0/s1. The van der Waals surface area contributed by atoms with Crippen molar-refractivity contribution < 1.29 is 32.6 Å². The van der Waals surface area contributed by atoms with Gasteiger partial charge in [-0.1, -0.05) is 64.1 Å². The van der Waals surface area contributed by atoms with E-state index in [4.69, 9.17) is 4.74 Å². The third-order valence-electron chi connectivity index (χ3n) is 7.16. The number of carbonyl (C=O) groups is 3. The molecule has 0 fully saturated rings. The number of nitrogens with one attached hydrogen (secondary N) is 3. The summed E-state index contributed by atoms with van der Waals surface area (Å²) < 4.78 is 34.1. The lowest BCUT2D eigenvalue weighted by Crippen LogP contribution is -2.57. The molecule has 0 radical (unpaired) electrons. The maximum absolute atomic E-state index is 13.8. The molecule has 47 heavy (non-hydrogen) atoms. The van der Waals surface area contributed by atoms with E-state index in [2.05, 4.69) is 20.9 Å². The Balaban J connectivity index is 1.82. The van der Waals surface area contributed by atoms with E-state index in [-0.39, 0.29) is 48.8 Å². The van der Waals surface area contributed by atoms with Gasteiger partial charge >= 0.3 is 6.09 Å². The highest BCUT2D eigenvalue weighted by atomic mass is 32.2. The quantitative estimate of drug-likeness (QED) is 0.179. The number of hydrogen-bond donors (Lipinski definition) is 4. The highest BCUT2D eigenvalue weighted by molar-refractivity contribution is 7.89. The van der Waals surface area contributed by atoms with Crippen LogP contribution in [-0.4, -0.2) is 72.0 Å². The van der Waals surface area contributed by atoms with Crippen molar-refractivity contribution in [3.8, 4) is 0 Å². The Bertz CT molecular complexity index is 1550. The van der Waals surface area contributed by atoms with E-state index in [1.54, 1.807) is 38.2 Å². The maximum Gasteiger partial charge on any atom is 0.408 e. The van der Waals surface area contributed by atoms with Gasteiger partial charge in [0.05, 0.1) is 22.7 Å². The number of hydrogen-bond acceptors (Lipinski definition) is 8. The number of nitrogens with zero attached hydrogens (tertiary/aromatic N) is 2. The summed E-state index contributed by atoms with van der Waals surface area (Å²) in [7, 11) is -4.08. The largest absolute Gasteiger partial charge is 0.443 e. The van der Waals surface area contributed by atoms with Crippen LogP contribution >= 0.6 is 0 Å². The van der Waals surface area contributed by atoms with E-state index in [1.165, 1.54) is 35.5 Å². The highest BCUT2D eigenvalue weighted by Gasteiger charge is 2.33. The minimum Gasteiger partial charge on any atom is -0.443 e. The topological polar surface area (TPSA) is 167 Å². The van der Waals surface area contributed by atoms with Crippen LogP contribution in [0.2, 0.25) is 0 Å². The van der Waals surface area contributed by atoms with E-state index < -0.39 is 40.2 Å². The molecule has 12 nitrogen and oxygen atoms in total. The van der Waals surface area contributed by atoms with Gasteiger partial charge in [0.25, 0.3) is 0 Å². The lowest BCUT2D eigenvalue weighted by molar-refractivity contribution is -0.125. The Hall–Kier alpha value is -4.33. The van der Waals surface area contributed by atoms with Gasteiger partial charge in [0.1, 0.15) is 12.6 Å². The van der Waals surface area contributed by atoms with Crippen molar-refractivity contribution in [2.75, 3.05) is 18.4 Å². The van der Waals surface area contributed by atoms with Crippen LogP contribution in [0.25, 0.3) is 0 Å². The summed E-state index contributed by atoms with van der Waals surface area (Å²) in [6, 6.07) is 18.3. The minimum atomic E-state index is -4.08. The number of rotatable bonds is 16. The molecule has 254 valence electrons. The fourth-order valence-electron chi connectivity index (χ4n) is 4.83. The summed E-state index contributed by atoms with van der Waals surface area (Å²) in [4.78, 5) is 41.8. The van der Waals surface area contributed by atoms with E-state index in [9.17, 15) is 27.9 Å². The first-order chi connectivity index (χ1) is 22.3. The highest BCUT2D eigenvalue weighted by Crippen LogP contribution is 2.21. The predicted octanol–water partition coefficient (Wildman–Crippen LogP) is 3.73. The second-order valence-corrected chi connectivity index (χ2v) is 14.0. The van der Waals surface area contributed by atoms with Crippen LogP contribution in [-0.2, 0) is 37.4 Å². The Labute approximate surface area is 277 Å². The Kier molecular flexibility index (Phi) is 13.9. The number of carbonyl (C=O) groups excluding carboxylic acids is 3. The maximum atomic E-state index is 13.8. The van der Waals surface area contributed by atoms with Crippen LogP contribution < -0.4 is 16.0 Å². The number of anilines is 1. The van der Waals surface area contributed by atoms with Gasteiger partial charge in [-0.3, -0.25) is 14.6 Å². The van der Waals surface area contributed by atoms with Crippen LogP contribution in [0.4, 0.5) is 10.5 Å². The fourth-order valence-corrected chi connectivity index (χ4v) is 6.45. The molecular weight excluding hydrogens is 622 g/mol. The van der Waals surface area contributed by atoms with Gasteiger partial charge in [0.15, 0.2) is 0 Å². The molecule has 0 aliphatic carbocycles. The molecule has 0 aliphatic heterocycles.